The topological polar surface area (TPSA) is 20.2 Å². The van der Waals surface area contributed by atoms with Gasteiger partial charge in [0.05, 0.1) is 0 Å². The quantitative estimate of drug-likeness (QED) is 0.390. The maximum absolute atomic E-state index is 8.50. The van der Waals surface area contributed by atoms with E-state index in [0.717, 1.165) is 0 Å². The summed E-state index contributed by atoms with van der Waals surface area (Å²) in [4.78, 5) is 8.50. The minimum atomic E-state index is -1.20. The van der Waals surface area contributed by atoms with Gasteiger partial charge in [-0.05, 0) is 6.04 Å². The summed E-state index contributed by atoms with van der Waals surface area (Å²) >= 11 is 0. The highest BCUT2D eigenvalue weighted by Crippen LogP contribution is 1.79. The standard InChI is InChI=1S/C3H6OSi2/c1-2-3-6(4)5/h2,4H,1,3H2. The van der Waals surface area contributed by atoms with Gasteiger partial charge in [0, 0.05) is 9.76 Å². The van der Waals surface area contributed by atoms with Gasteiger partial charge in [-0.2, -0.15) is 0 Å². The van der Waals surface area contributed by atoms with Crippen LogP contribution in [-0.2, 0) is 0 Å². The Labute approximate surface area is 42.6 Å². The number of rotatable bonds is 2. The molecule has 1 N–H and O–H groups in total. The lowest BCUT2D eigenvalue weighted by Crippen LogP contribution is -2.08. The largest absolute Gasteiger partial charge is 0.435 e. The van der Waals surface area contributed by atoms with Crippen LogP contribution in [0.5, 0.6) is 0 Å². The molecule has 0 fully saturated rings. The van der Waals surface area contributed by atoms with Crippen molar-refractivity contribution in [2.75, 3.05) is 0 Å². The molecule has 0 aromatic heterocycles. The van der Waals surface area contributed by atoms with Gasteiger partial charge >= 0.3 is 0 Å². The molecule has 0 aromatic carbocycles. The summed E-state index contributed by atoms with van der Waals surface area (Å²) in [5, 5.41) is 0. The zero-order valence-electron chi connectivity index (χ0n) is 3.44. The van der Waals surface area contributed by atoms with Crippen molar-refractivity contribution in [3.8, 4) is 0 Å². The number of hydrogen-bond acceptors (Lipinski definition) is 1. The van der Waals surface area contributed by atoms with Gasteiger partial charge in [-0.25, -0.2) is 0 Å². The molecule has 0 aliphatic carbocycles. The first-order valence-electron chi connectivity index (χ1n) is 1.64. The SMILES string of the molecule is C=CC[Si](O)[Si]. The first-order valence-corrected chi connectivity index (χ1v) is 4.80. The third-order valence-corrected chi connectivity index (χ3v) is 1.63. The maximum Gasteiger partial charge on any atom is 0.185 e. The van der Waals surface area contributed by atoms with E-state index in [9.17, 15) is 0 Å². The normalized spacial score (nSPS) is 9.17. The van der Waals surface area contributed by atoms with Crippen LogP contribution in [0.25, 0.3) is 0 Å². The molecule has 0 aromatic rings. The summed E-state index contributed by atoms with van der Waals surface area (Å²) in [6.45, 7) is 3.44. The van der Waals surface area contributed by atoms with Crippen molar-refractivity contribution in [2.24, 2.45) is 0 Å². The van der Waals surface area contributed by atoms with E-state index >= 15 is 0 Å². The van der Waals surface area contributed by atoms with E-state index in [2.05, 4.69) is 16.3 Å². The van der Waals surface area contributed by atoms with E-state index in [-0.39, 0.29) is 0 Å². The minimum absolute atomic E-state index is 0.710. The molecular formula is C3H6OSi2. The Balaban J connectivity index is 2.81. The molecular weight excluding hydrogens is 108 g/mol. The predicted octanol–water partition coefficient (Wildman–Crippen LogP) is -0.179. The summed E-state index contributed by atoms with van der Waals surface area (Å²) in [5.74, 6) is 0. The molecule has 0 atom stereocenters. The number of allylic oxidation sites excluding steroid dienone is 1. The lowest BCUT2D eigenvalue weighted by molar-refractivity contribution is 0.596. The number of hydrogen-bond donors (Lipinski definition) is 1. The van der Waals surface area contributed by atoms with Crippen molar-refractivity contribution >= 4 is 18.3 Å². The Morgan fingerprint density at radius 1 is 2.00 bits per heavy atom. The average molecular weight is 114 g/mol. The molecule has 1 nitrogen and oxygen atoms in total. The first-order chi connectivity index (χ1) is 2.77. The van der Waals surface area contributed by atoms with Crippen LogP contribution in [0.15, 0.2) is 12.7 Å². The van der Waals surface area contributed by atoms with E-state index < -0.39 is 8.56 Å². The molecule has 0 amide bonds. The highest BCUT2D eigenvalue weighted by Gasteiger charge is 1.90. The third-order valence-electron chi connectivity index (χ3n) is 0.338. The molecule has 0 spiro atoms. The van der Waals surface area contributed by atoms with Crippen molar-refractivity contribution < 1.29 is 4.80 Å². The van der Waals surface area contributed by atoms with Crippen molar-refractivity contribution in [3.63, 3.8) is 0 Å². The fourth-order valence-corrected chi connectivity index (χ4v) is 0.843. The molecule has 0 saturated carbocycles. The summed E-state index contributed by atoms with van der Waals surface area (Å²) in [5.41, 5.74) is 0. The monoisotopic (exact) mass is 114 g/mol. The smallest absolute Gasteiger partial charge is 0.185 e. The van der Waals surface area contributed by atoms with Crippen LogP contribution in [0.4, 0.5) is 0 Å². The van der Waals surface area contributed by atoms with Crippen LogP contribution in [0.1, 0.15) is 0 Å². The van der Waals surface area contributed by atoms with Crippen LogP contribution in [0, 0.1) is 0 Å². The van der Waals surface area contributed by atoms with Gasteiger partial charge < -0.3 is 4.80 Å². The van der Waals surface area contributed by atoms with Gasteiger partial charge in [0.25, 0.3) is 0 Å². The Hall–Kier alpha value is 0.134. The molecule has 32 valence electrons. The first kappa shape index (κ1) is 6.13. The van der Waals surface area contributed by atoms with Gasteiger partial charge in [-0.3, -0.25) is 0 Å². The molecule has 0 rings (SSSR count). The molecule has 0 bridgehead atoms. The molecule has 0 heterocycles. The molecule has 4 radical (unpaired) electrons. The molecule has 0 saturated heterocycles. The zero-order chi connectivity index (χ0) is 4.99. The van der Waals surface area contributed by atoms with Gasteiger partial charge in [0.1, 0.15) is 0 Å². The van der Waals surface area contributed by atoms with Crippen LogP contribution < -0.4 is 0 Å². The van der Waals surface area contributed by atoms with Crippen molar-refractivity contribution in [2.45, 2.75) is 6.04 Å². The lowest BCUT2D eigenvalue weighted by Gasteiger charge is -1.87. The third kappa shape index (κ3) is 4.13. The molecule has 0 unspecified atom stereocenters. The predicted molar refractivity (Wildman–Crippen MR) is 28.7 cm³/mol. The Morgan fingerprint density at radius 2 is 2.50 bits per heavy atom. The summed E-state index contributed by atoms with van der Waals surface area (Å²) in [7, 11) is 1.87. The van der Waals surface area contributed by atoms with Gasteiger partial charge in [-0.15, -0.1) is 6.58 Å². The summed E-state index contributed by atoms with van der Waals surface area (Å²) < 4.78 is 0. The van der Waals surface area contributed by atoms with Crippen LogP contribution in [0.3, 0.4) is 0 Å². The zero-order valence-corrected chi connectivity index (χ0v) is 5.44. The minimum Gasteiger partial charge on any atom is -0.435 e. The molecule has 3 heteroatoms. The summed E-state index contributed by atoms with van der Waals surface area (Å²) in [6, 6.07) is 0.710. The molecule has 0 aliphatic rings. The Kier molecular flexibility index (Phi) is 3.40. The average Bonchev–Trinajstić information content (AvgIpc) is 1.35. The van der Waals surface area contributed by atoms with Crippen LogP contribution in [0.2, 0.25) is 6.04 Å². The second-order valence-electron chi connectivity index (χ2n) is 0.939. The second kappa shape index (κ2) is 3.33. The van der Waals surface area contributed by atoms with Crippen molar-refractivity contribution in [1.82, 2.24) is 0 Å². The Bertz CT molecular complexity index is 44.1. The Morgan fingerprint density at radius 3 is 2.50 bits per heavy atom. The lowest BCUT2D eigenvalue weighted by atomic mass is 10.8. The molecule has 0 aliphatic heterocycles. The van der Waals surface area contributed by atoms with Crippen molar-refractivity contribution in [1.29, 1.82) is 0 Å². The van der Waals surface area contributed by atoms with E-state index in [1.807, 2.05) is 0 Å². The van der Waals surface area contributed by atoms with Gasteiger partial charge in [0.2, 0.25) is 0 Å². The van der Waals surface area contributed by atoms with E-state index in [4.69, 9.17) is 4.80 Å². The van der Waals surface area contributed by atoms with Crippen LogP contribution in [-0.4, -0.2) is 23.1 Å². The van der Waals surface area contributed by atoms with Crippen LogP contribution >= 0.6 is 0 Å². The van der Waals surface area contributed by atoms with E-state index in [1.54, 1.807) is 6.08 Å². The fraction of sp³-hybridized carbons (Fsp3) is 0.333. The van der Waals surface area contributed by atoms with Gasteiger partial charge in [-0.1, -0.05) is 6.08 Å². The fourth-order valence-electron chi connectivity index (χ4n) is 0.137. The van der Waals surface area contributed by atoms with Crippen molar-refractivity contribution in [3.05, 3.63) is 12.7 Å². The van der Waals surface area contributed by atoms with E-state index in [1.165, 1.54) is 0 Å². The highest BCUT2D eigenvalue weighted by atomic mass is 29.2. The maximum atomic E-state index is 8.50. The molecule has 6 heavy (non-hydrogen) atoms. The van der Waals surface area contributed by atoms with E-state index in [0.29, 0.717) is 6.04 Å². The highest BCUT2D eigenvalue weighted by molar-refractivity contribution is 6.98. The second-order valence-corrected chi connectivity index (χ2v) is 3.97. The summed E-state index contributed by atoms with van der Waals surface area (Å²) in [6.07, 6.45) is 1.70. The van der Waals surface area contributed by atoms with Gasteiger partial charge in [0.15, 0.2) is 8.56 Å².